The van der Waals surface area contributed by atoms with Crippen molar-refractivity contribution in [3.05, 3.63) is 0 Å². The molecule has 84 valence electrons. The molecule has 0 aromatic heterocycles. The molecule has 0 aromatic rings. The second kappa shape index (κ2) is 4.75. The molecule has 0 saturated heterocycles. The minimum Gasteiger partial charge on any atom is -0.378 e. The smallest absolute Gasteiger partial charge is 0.234 e. The highest BCUT2D eigenvalue weighted by molar-refractivity contribution is 5.80. The van der Waals surface area contributed by atoms with Crippen LogP contribution in [0.3, 0.4) is 0 Å². The highest BCUT2D eigenvalue weighted by atomic mass is 16.5. The quantitative estimate of drug-likeness (QED) is 0.681. The van der Waals surface area contributed by atoms with E-state index in [1.165, 1.54) is 0 Å². The van der Waals surface area contributed by atoms with Gasteiger partial charge in [-0.1, -0.05) is 13.8 Å². The summed E-state index contributed by atoms with van der Waals surface area (Å²) in [6, 6.07) is -0.662. The molecule has 0 fully saturated rings. The number of hydrogen-bond donors (Lipinski definition) is 2. The van der Waals surface area contributed by atoms with Crippen molar-refractivity contribution < 1.29 is 9.53 Å². The minimum atomic E-state index is -0.662. The molecule has 4 N–H and O–H groups in total. The van der Waals surface area contributed by atoms with Crippen molar-refractivity contribution in [2.45, 2.75) is 39.3 Å². The maximum atomic E-state index is 11.0. The molecule has 4 nitrogen and oxygen atoms in total. The Hall–Kier alpha value is -0.610. The topological polar surface area (TPSA) is 78.3 Å². The summed E-state index contributed by atoms with van der Waals surface area (Å²) in [5.41, 5.74) is 10.5. The molecule has 0 heterocycles. The van der Waals surface area contributed by atoms with Crippen molar-refractivity contribution in [1.82, 2.24) is 0 Å². The molecule has 0 rings (SSSR count). The van der Waals surface area contributed by atoms with Crippen LogP contribution in [0.15, 0.2) is 0 Å². The molecule has 0 radical (unpaired) electrons. The van der Waals surface area contributed by atoms with Crippen molar-refractivity contribution in [3.63, 3.8) is 0 Å². The molecule has 0 aromatic carbocycles. The minimum absolute atomic E-state index is 0.0787. The van der Waals surface area contributed by atoms with E-state index in [1.807, 2.05) is 27.7 Å². The zero-order valence-corrected chi connectivity index (χ0v) is 9.70. The van der Waals surface area contributed by atoms with E-state index >= 15 is 0 Å². The first-order valence-corrected chi connectivity index (χ1v) is 4.84. The van der Waals surface area contributed by atoms with Crippen LogP contribution in [0.25, 0.3) is 0 Å². The maximum Gasteiger partial charge on any atom is 0.234 e. The Bertz CT molecular complexity index is 202. The van der Waals surface area contributed by atoms with Crippen molar-refractivity contribution in [2.75, 3.05) is 7.11 Å². The summed E-state index contributed by atoms with van der Waals surface area (Å²) in [6.45, 7) is 7.85. The van der Waals surface area contributed by atoms with Gasteiger partial charge >= 0.3 is 0 Å². The molecule has 4 heteroatoms. The van der Waals surface area contributed by atoms with E-state index in [0.717, 1.165) is 0 Å². The average molecular weight is 202 g/mol. The number of carbonyl (C=O) groups is 1. The largest absolute Gasteiger partial charge is 0.378 e. The van der Waals surface area contributed by atoms with Gasteiger partial charge in [-0.2, -0.15) is 0 Å². The summed E-state index contributed by atoms with van der Waals surface area (Å²) in [7, 11) is 1.61. The normalized spacial score (nSPS) is 16.8. The van der Waals surface area contributed by atoms with Gasteiger partial charge in [-0.05, 0) is 19.8 Å². The first-order chi connectivity index (χ1) is 6.24. The first kappa shape index (κ1) is 13.4. The third-order valence-electron chi connectivity index (χ3n) is 2.76. The average Bonchev–Trinajstić information content (AvgIpc) is 2.03. The molecule has 1 amide bonds. The summed E-state index contributed by atoms with van der Waals surface area (Å²) in [6.07, 6.45) is 0. The van der Waals surface area contributed by atoms with Gasteiger partial charge in [0.15, 0.2) is 0 Å². The zero-order chi connectivity index (χ0) is 11.5. The number of primary amides is 1. The Kier molecular flexibility index (Phi) is 4.55. The predicted molar refractivity (Wildman–Crippen MR) is 56.6 cm³/mol. The van der Waals surface area contributed by atoms with Crippen LogP contribution in [0.4, 0.5) is 0 Å². The van der Waals surface area contributed by atoms with Crippen LogP contribution in [-0.4, -0.2) is 24.7 Å². The van der Waals surface area contributed by atoms with E-state index < -0.39 is 17.6 Å². The fraction of sp³-hybridized carbons (Fsp3) is 0.900. The van der Waals surface area contributed by atoms with Gasteiger partial charge in [0.25, 0.3) is 0 Å². The first-order valence-electron chi connectivity index (χ1n) is 4.84. The second-order valence-electron chi connectivity index (χ2n) is 4.51. The monoisotopic (exact) mass is 202 g/mol. The molecule has 2 unspecified atom stereocenters. The Morgan fingerprint density at radius 2 is 1.79 bits per heavy atom. The van der Waals surface area contributed by atoms with Crippen LogP contribution in [0.5, 0.6) is 0 Å². The highest BCUT2D eigenvalue weighted by Crippen LogP contribution is 2.29. The van der Waals surface area contributed by atoms with Gasteiger partial charge < -0.3 is 16.2 Å². The SMILES string of the molecule is COC(C)(C)C(C(C)C)C(N)C(N)=O. The Balaban J connectivity index is 4.86. The number of hydrogen-bond acceptors (Lipinski definition) is 3. The second-order valence-corrected chi connectivity index (χ2v) is 4.51. The van der Waals surface area contributed by atoms with Gasteiger partial charge in [0.1, 0.15) is 0 Å². The van der Waals surface area contributed by atoms with E-state index in [9.17, 15) is 4.79 Å². The van der Waals surface area contributed by atoms with Gasteiger partial charge in [-0.3, -0.25) is 4.79 Å². The predicted octanol–water partition coefficient (Wildman–Crippen LogP) is 0.496. The van der Waals surface area contributed by atoms with Crippen molar-refractivity contribution in [1.29, 1.82) is 0 Å². The fourth-order valence-corrected chi connectivity index (χ4v) is 1.96. The van der Waals surface area contributed by atoms with Crippen LogP contribution >= 0.6 is 0 Å². The molecule has 0 spiro atoms. The summed E-state index contributed by atoms with van der Waals surface area (Å²) >= 11 is 0. The van der Waals surface area contributed by atoms with Crippen LogP contribution in [-0.2, 0) is 9.53 Å². The van der Waals surface area contributed by atoms with E-state index in [-0.39, 0.29) is 11.8 Å². The van der Waals surface area contributed by atoms with E-state index in [4.69, 9.17) is 16.2 Å². The third-order valence-corrected chi connectivity index (χ3v) is 2.76. The highest BCUT2D eigenvalue weighted by Gasteiger charge is 2.38. The van der Waals surface area contributed by atoms with Gasteiger partial charge in [-0.15, -0.1) is 0 Å². The molecule has 0 saturated carbocycles. The number of nitrogens with two attached hydrogens (primary N) is 2. The van der Waals surface area contributed by atoms with Crippen molar-refractivity contribution >= 4 is 5.91 Å². The summed E-state index contributed by atoms with van der Waals surface area (Å²) in [5.74, 6) is -0.314. The number of carbonyl (C=O) groups excluding carboxylic acids is 1. The van der Waals surface area contributed by atoms with Crippen LogP contribution < -0.4 is 11.5 Å². The summed E-state index contributed by atoms with van der Waals surface area (Å²) < 4.78 is 5.34. The molecular formula is C10H22N2O2. The molecule has 14 heavy (non-hydrogen) atoms. The Labute approximate surface area is 86.0 Å². The lowest BCUT2D eigenvalue weighted by Gasteiger charge is -2.38. The number of ether oxygens (including phenoxy) is 1. The Morgan fingerprint density at radius 3 is 2.00 bits per heavy atom. The third kappa shape index (κ3) is 2.96. The Morgan fingerprint density at radius 1 is 1.36 bits per heavy atom. The van der Waals surface area contributed by atoms with Crippen LogP contribution in [0, 0.1) is 11.8 Å². The summed E-state index contributed by atoms with van der Waals surface area (Å²) in [5, 5.41) is 0. The molecule has 0 aliphatic carbocycles. The number of amides is 1. The lowest BCUT2D eigenvalue weighted by atomic mass is 9.76. The lowest BCUT2D eigenvalue weighted by Crippen LogP contribution is -2.53. The number of rotatable bonds is 5. The molecule has 2 atom stereocenters. The standard InChI is InChI=1S/C10H22N2O2/c1-6(2)7(8(11)9(12)13)10(3,4)14-5/h6-8H,11H2,1-5H3,(H2,12,13). The van der Waals surface area contributed by atoms with Gasteiger partial charge in [0.05, 0.1) is 11.6 Å². The van der Waals surface area contributed by atoms with E-state index in [2.05, 4.69) is 0 Å². The number of methoxy groups -OCH3 is 1. The van der Waals surface area contributed by atoms with E-state index in [1.54, 1.807) is 7.11 Å². The molecule has 0 bridgehead atoms. The maximum absolute atomic E-state index is 11.0. The molecule has 0 aliphatic rings. The van der Waals surface area contributed by atoms with Gasteiger partial charge in [0, 0.05) is 13.0 Å². The van der Waals surface area contributed by atoms with E-state index in [0.29, 0.717) is 0 Å². The summed E-state index contributed by atoms with van der Waals surface area (Å²) in [4.78, 5) is 11.0. The fourth-order valence-electron chi connectivity index (χ4n) is 1.96. The van der Waals surface area contributed by atoms with Gasteiger partial charge in [-0.25, -0.2) is 0 Å². The van der Waals surface area contributed by atoms with Crippen LogP contribution in [0.1, 0.15) is 27.7 Å². The van der Waals surface area contributed by atoms with Gasteiger partial charge in [0.2, 0.25) is 5.91 Å². The van der Waals surface area contributed by atoms with Crippen molar-refractivity contribution in [3.8, 4) is 0 Å². The lowest BCUT2D eigenvalue weighted by molar-refractivity contribution is -0.125. The zero-order valence-electron chi connectivity index (χ0n) is 9.70. The molecular weight excluding hydrogens is 180 g/mol. The molecule has 0 aliphatic heterocycles. The van der Waals surface area contributed by atoms with Crippen LogP contribution in [0.2, 0.25) is 0 Å². The van der Waals surface area contributed by atoms with Crippen molar-refractivity contribution in [2.24, 2.45) is 23.3 Å².